The van der Waals surface area contributed by atoms with Crippen LogP contribution in [-0.2, 0) is 4.79 Å². The Morgan fingerprint density at radius 3 is 2.71 bits per heavy atom. The van der Waals surface area contributed by atoms with Gasteiger partial charge in [-0.2, -0.15) is 0 Å². The summed E-state index contributed by atoms with van der Waals surface area (Å²) in [6, 6.07) is 0. The van der Waals surface area contributed by atoms with Crippen LogP contribution in [0.1, 0.15) is 33.6 Å². The molecule has 2 heteroatoms. The van der Waals surface area contributed by atoms with E-state index in [1.807, 2.05) is 0 Å². The molecule has 0 aliphatic heterocycles. The highest BCUT2D eigenvalue weighted by Crippen LogP contribution is 2.35. The summed E-state index contributed by atoms with van der Waals surface area (Å²) in [5.41, 5.74) is 2.59. The maximum atomic E-state index is 11.0. The van der Waals surface area contributed by atoms with Crippen molar-refractivity contribution in [1.29, 1.82) is 0 Å². The summed E-state index contributed by atoms with van der Waals surface area (Å²) in [5.74, 6) is 0.565. The van der Waals surface area contributed by atoms with Gasteiger partial charge in [-0.3, -0.25) is 4.79 Å². The molecule has 78 valence electrons. The van der Waals surface area contributed by atoms with Gasteiger partial charge in [0.25, 0.3) is 0 Å². The van der Waals surface area contributed by atoms with Gasteiger partial charge >= 0.3 is 0 Å². The van der Waals surface area contributed by atoms with Crippen LogP contribution >= 0.6 is 11.8 Å². The van der Waals surface area contributed by atoms with E-state index < -0.39 is 0 Å². The second-order valence-electron chi connectivity index (χ2n) is 4.06. The van der Waals surface area contributed by atoms with Crippen LogP contribution in [0.4, 0.5) is 0 Å². The Morgan fingerprint density at radius 1 is 1.57 bits per heavy atom. The van der Waals surface area contributed by atoms with E-state index >= 15 is 0 Å². The lowest BCUT2D eigenvalue weighted by atomic mass is 9.86. The Balaban J connectivity index is 2.66. The van der Waals surface area contributed by atoms with E-state index in [2.05, 4.69) is 26.5 Å². The monoisotopic (exact) mass is 210 g/mol. The van der Waals surface area contributed by atoms with Crippen molar-refractivity contribution in [1.82, 2.24) is 0 Å². The Kier molecular flexibility index (Phi) is 3.99. The maximum absolute atomic E-state index is 11.0. The van der Waals surface area contributed by atoms with Crippen molar-refractivity contribution in [3.63, 3.8) is 0 Å². The van der Waals surface area contributed by atoms with Crippen LogP contribution in [-0.4, -0.2) is 10.4 Å². The van der Waals surface area contributed by atoms with Gasteiger partial charge in [0.1, 0.15) is 0 Å². The van der Waals surface area contributed by atoms with Crippen LogP contribution in [0.2, 0.25) is 0 Å². The minimum atomic E-state index is 0.213. The van der Waals surface area contributed by atoms with Gasteiger partial charge in [0.2, 0.25) is 0 Å². The highest BCUT2D eigenvalue weighted by molar-refractivity contribution is 8.14. The van der Waals surface area contributed by atoms with Crippen molar-refractivity contribution < 1.29 is 4.79 Å². The minimum absolute atomic E-state index is 0.213. The van der Waals surface area contributed by atoms with Gasteiger partial charge in [-0.05, 0) is 32.6 Å². The zero-order valence-corrected chi connectivity index (χ0v) is 9.99. The van der Waals surface area contributed by atoms with Crippen LogP contribution < -0.4 is 0 Å². The lowest BCUT2D eigenvalue weighted by molar-refractivity contribution is -0.109. The third-order valence-electron chi connectivity index (χ3n) is 2.74. The molecule has 0 bridgehead atoms. The first kappa shape index (κ1) is 11.6. The molecule has 0 N–H and O–H groups in total. The number of hydrogen-bond acceptors (Lipinski definition) is 2. The molecule has 0 aromatic heterocycles. The molecule has 0 heterocycles. The van der Waals surface area contributed by atoms with E-state index in [1.54, 1.807) is 6.92 Å². The number of allylic oxidation sites excluding steroid dienone is 2. The Labute approximate surface area is 90.7 Å². The molecular formula is C12H18OS. The number of rotatable bonds is 2. The van der Waals surface area contributed by atoms with Crippen molar-refractivity contribution in [2.75, 3.05) is 0 Å². The normalized spacial score (nSPS) is 26.9. The lowest BCUT2D eigenvalue weighted by Crippen LogP contribution is -2.18. The third kappa shape index (κ3) is 3.02. The summed E-state index contributed by atoms with van der Waals surface area (Å²) in [4.78, 5) is 11.0. The van der Waals surface area contributed by atoms with E-state index in [-0.39, 0.29) is 5.12 Å². The Morgan fingerprint density at radius 2 is 2.21 bits per heavy atom. The summed E-state index contributed by atoms with van der Waals surface area (Å²) in [7, 11) is 0. The van der Waals surface area contributed by atoms with Gasteiger partial charge in [0, 0.05) is 12.2 Å². The average Bonchev–Trinajstić information content (AvgIpc) is 2.07. The van der Waals surface area contributed by atoms with Gasteiger partial charge in [-0.1, -0.05) is 35.6 Å². The van der Waals surface area contributed by atoms with E-state index in [0.717, 1.165) is 12.8 Å². The van der Waals surface area contributed by atoms with Crippen LogP contribution in [0, 0.1) is 5.92 Å². The second-order valence-corrected chi connectivity index (χ2v) is 5.44. The molecule has 0 saturated heterocycles. The highest BCUT2D eigenvalue weighted by Gasteiger charge is 2.23. The smallest absolute Gasteiger partial charge is 0.186 e. The Bertz CT molecular complexity index is 278. The molecule has 1 aliphatic rings. The molecule has 0 fully saturated rings. The molecule has 2 atom stereocenters. The van der Waals surface area contributed by atoms with Crippen LogP contribution in [0.25, 0.3) is 0 Å². The van der Waals surface area contributed by atoms with Gasteiger partial charge in [0.15, 0.2) is 5.12 Å². The molecule has 1 rings (SSSR count). The first-order valence-corrected chi connectivity index (χ1v) is 5.88. The third-order valence-corrected chi connectivity index (χ3v) is 3.92. The van der Waals surface area contributed by atoms with Crippen molar-refractivity contribution in [2.24, 2.45) is 5.92 Å². The minimum Gasteiger partial charge on any atom is -0.288 e. The van der Waals surface area contributed by atoms with Gasteiger partial charge in [-0.15, -0.1) is 0 Å². The Hall–Kier alpha value is -0.500. The van der Waals surface area contributed by atoms with Crippen molar-refractivity contribution in [3.8, 4) is 0 Å². The number of carbonyl (C=O) groups excluding carboxylic acids is 1. The molecular weight excluding hydrogens is 192 g/mol. The summed E-state index contributed by atoms with van der Waals surface area (Å²) >= 11 is 1.46. The van der Waals surface area contributed by atoms with E-state index in [1.165, 1.54) is 22.9 Å². The average molecular weight is 210 g/mol. The predicted octanol–water partition coefficient (Wildman–Crippen LogP) is 3.57. The number of hydrogen-bond donors (Lipinski definition) is 0. The molecule has 0 saturated carbocycles. The molecule has 0 unspecified atom stereocenters. The molecule has 0 amide bonds. The van der Waals surface area contributed by atoms with Crippen molar-refractivity contribution in [3.05, 3.63) is 23.8 Å². The van der Waals surface area contributed by atoms with Crippen LogP contribution in [0.5, 0.6) is 0 Å². The molecule has 1 aliphatic carbocycles. The molecule has 0 aromatic carbocycles. The van der Waals surface area contributed by atoms with Crippen molar-refractivity contribution in [2.45, 2.75) is 38.9 Å². The topological polar surface area (TPSA) is 17.1 Å². The highest BCUT2D eigenvalue weighted by atomic mass is 32.2. The zero-order chi connectivity index (χ0) is 10.7. The second kappa shape index (κ2) is 4.83. The summed E-state index contributed by atoms with van der Waals surface area (Å²) in [6.45, 7) is 9.83. The van der Waals surface area contributed by atoms with Gasteiger partial charge in [0.05, 0.1) is 0 Å². The van der Waals surface area contributed by atoms with E-state index in [0.29, 0.717) is 11.2 Å². The first-order valence-electron chi connectivity index (χ1n) is 5.00. The van der Waals surface area contributed by atoms with E-state index in [4.69, 9.17) is 0 Å². The molecule has 0 spiro atoms. The lowest BCUT2D eigenvalue weighted by Gasteiger charge is -2.27. The fraction of sp³-hybridized carbons (Fsp3) is 0.583. The maximum Gasteiger partial charge on any atom is 0.186 e. The molecule has 0 radical (unpaired) electrons. The molecule has 1 nitrogen and oxygen atoms in total. The molecule has 0 aromatic rings. The fourth-order valence-electron chi connectivity index (χ4n) is 1.74. The predicted molar refractivity (Wildman–Crippen MR) is 63.4 cm³/mol. The number of carbonyl (C=O) groups is 1. The van der Waals surface area contributed by atoms with Crippen LogP contribution in [0.3, 0.4) is 0 Å². The summed E-state index contributed by atoms with van der Waals surface area (Å²) in [5, 5.41) is 0.591. The zero-order valence-electron chi connectivity index (χ0n) is 9.17. The number of thioether (sulfide) groups is 1. The quantitative estimate of drug-likeness (QED) is 0.648. The van der Waals surface area contributed by atoms with Gasteiger partial charge in [-0.25, -0.2) is 0 Å². The standard InChI is InChI=1S/C12H18OS/c1-8(2)11-6-5-9(3)12(7-11)14-10(4)13/h5,11-12H,1,6-7H2,2-4H3/t11-,12-/m0/s1. The molecule has 14 heavy (non-hydrogen) atoms. The van der Waals surface area contributed by atoms with E-state index in [9.17, 15) is 4.79 Å². The first-order chi connectivity index (χ1) is 6.50. The summed E-state index contributed by atoms with van der Waals surface area (Å²) < 4.78 is 0. The SMILES string of the molecule is C=C(C)[C@H]1CC=C(C)[C@@H](SC(C)=O)C1. The van der Waals surface area contributed by atoms with Crippen molar-refractivity contribution >= 4 is 16.9 Å². The fourth-order valence-corrected chi connectivity index (χ4v) is 2.76. The van der Waals surface area contributed by atoms with Crippen LogP contribution in [0.15, 0.2) is 23.8 Å². The largest absolute Gasteiger partial charge is 0.288 e. The summed E-state index contributed by atoms with van der Waals surface area (Å²) in [6.07, 6.45) is 4.42. The van der Waals surface area contributed by atoms with Gasteiger partial charge < -0.3 is 0 Å².